The van der Waals surface area contributed by atoms with Crippen molar-refractivity contribution in [2.75, 3.05) is 19.7 Å². The average Bonchev–Trinajstić information content (AvgIpc) is 3.13. The van der Waals surface area contributed by atoms with E-state index < -0.39 is 0 Å². The summed E-state index contributed by atoms with van der Waals surface area (Å²) in [6.45, 7) is 6.55. The predicted octanol–water partition coefficient (Wildman–Crippen LogP) is 5.23. The smallest absolute Gasteiger partial charge is 0.409 e. The minimum Gasteiger partial charge on any atom is -0.487 e. The number of rotatable bonds is 7. The van der Waals surface area contributed by atoms with Gasteiger partial charge in [-0.25, -0.2) is 9.48 Å². The topological polar surface area (TPSA) is 56.6 Å². The lowest BCUT2D eigenvalue weighted by atomic mass is 10.1. The zero-order chi connectivity index (χ0) is 22.3. The molecule has 4 rings (SSSR count). The highest BCUT2D eigenvalue weighted by Crippen LogP contribution is 2.21. The number of benzene rings is 2. The number of carbonyl (C=O) groups excluding carboxylic acids is 1. The van der Waals surface area contributed by atoms with E-state index in [-0.39, 0.29) is 6.09 Å². The lowest BCUT2D eigenvalue weighted by Gasteiger charge is -2.25. The van der Waals surface area contributed by atoms with Crippen LogP contribution in [-0.2, 0) is 17.8 Å². The number of aromatic nitrogens is 2. The van der Waals surface area contributed by atoms with Crippen LogP contribution in [0.15, 0.2) is 54.6 Å². The van der Waals surface area contributed by atoms with Crippen molar-refractivity contribution in [3.05, 3.63) is 77.1 Å². The highest BCUT2D eigenvalue weighted by molar-refractivity contribution is 5.67. The Bertz CT molecular complexity index is 1020. The van der Waals surface area contributed by atoms with Gasteiger partial charge in [-0.15, -0.1) is 0 Å². The van der Waals surface area contributed by atoms with Crippen LogP contribution in [0.2, 0.25) is 0 Å². The Kier molecular flexibility index (Phi) is 7.10. The van der Waals surface area contributed by atoms with Crippen LogP contribution in [0.25, 0.3) is 5.69 Å². The van der Waals surface area contributed by atoms with E-state index in [1.807, 2.05) is 71.1 Å². The van der Waals surface area contributed by atoms with E-state index in [9.17, 15) is 4.79 Å². The molecule has 0 saturated carbocycles. The maximum Gasteiger partial charge on any atom is 0.409 e. The van der Waals surface area contributed by atoms with E-state index >= 15 is 0 Å². The molecular weight excluding hydrogens is 402 g/mol. The molecule has 6 nitrogen and oxygen atoms in total. The maximum absolute atomic E-state index is 12.1. The molecule has 32 heavy (non-hydrogen) atoms. The fraction of sp³-hybridized carbons (Fsp3) is 0.385. The van der Waals surface area contributed by atoms with Gasteiger partial charge in [0, 0.05) is 19.5 Å². The van der Waals surface area contributed by atoms with Gasteiger partial charge in [0.25, 0.3) is 0 Å². The molecule has 0 N–H and O–H groups in total. The lowest BCUT2D eigenvalue weighted by molar-refractivity contribution is 0.0962. The summed E-state index contributed by atoms with van der Waals surface area (Å²) in [5.41, 5.74) is 5.33. The Morgan fingerprint density at radius 1 is 0.969 bits per heavy atom. The molecule has 168 valence electrons. The van der Waals surface area contributed by atoms with Crippen molar-refractivity contribution >= 4 is 6.09 Å². The third kappa shape index (κ3) is 5.31. The summed E-state index contributed by atoms with van der Waals surface area (Å²) in [6, 6.07) is 18.1. The fourth-order valence-corrected chi connectivity index (χ4v) is 3.93. The van der Waals surface area contributed by atoms with Crippen molar-refractivity contribution < 1.29 is 14.3 Å². The molecule has 0 spiro atoms. The first-order valence-electron chi connectivity index (χ1n) is 11.4. The molecule has 2 aromatic carbocycles. The normalized spacial score (nSPS) is 13.8. The minimum absolute atomic E-state index is 0.189. The van der Waals surface area contributed by atoms with Crippen LogP contribution < -0.4 is 4.74 Å². The zero-order valence-corrected chi connectivity index (χ0v) is 18.9. The van der Waals surface area contributed by atoms with Crippen molar-refractivity contribution in [2.24, 2.45) is 0 Å². The molecule has 2 heterocycles. The molecule has 1 fully saturated rings. The highest BCUT2D eigenvalue weighted by atomic mass is 16.6. The molecule has 1 aliphatic rings. The van der Waals surface area contributed by atoms with Gasteiger partial charge in [-0.3, -0.25) is 0 Å². The summed E-state index contributed by atoms with van der Waals surface area (Å²) in [5, 5.41) is 4.68. The molecule has 1 aromatic heterocycles. The number of aryl methyl sites for hydroxylation is 1. The molecule has 1 aliphatic heterocycles. The number of hydrogen-bond acceptors (Lipinski definition) is 4. The molecule has 3 aromatic rings. The number of carbonyl (C=O) groups is 1. The quantitative estimate of drug-likeness (QED) is 0.512. The van der Waals surface area contributed by atoms with Crippen LogP contribution in [0.4, 0.5) is 4.79 Å². The molecule has 1 saturated heterocycles. The second-order valence-corrected chi connectivity index (χ2v) is 8.25. The first-order chi connectivity index (χ1) is 15.6. The van der Waals surface area contributed by atoms with Crippen molar-refractivity contribution in [3.63, 3.8) is 0 Å². The van der Waals surface area contributed by atoms with E-state index in [0.29, 0.717) is 19.6 Å². The molecule has 0 unspecified atom stereocenters. The molecule has 0 radical (unpaired) electrons. The van der Waals surface area contributed by atoms with Crippen LogP contribution >= 0.6 is 0 Å². The summed E-state index contributed by atoms with van der Waals surface area (Å²) in [7, 11) is 0. The van der Waals surface area contributed by atoms with Crippen molar-refractivity contribution in [2.45, 2.75) is 46.1 Å². The van der Waals surface area contributed by atoms with Gasteiger partial charge in [-0.1, -0.05) is 30.3 Å². The molecular formula is C26H31N3O3. The van der Waals surface area contributed by atoms with E-state index in [1.54, 1.807) is 0 Å². The Labute approximate surface area is 189 Å². The Morgan fingerprint density at radius 3 is 2.41 bits per heavy atom. The number of likely N-dealkylation sites (tertiary alicyclic amines) is 1. The Hall–Kier alpha value is -3.28. The van der Waals surface area contributed by atoms with Crippen LogP contribution in [0.5, 0.6) is 5.75 Å². The summed E-state index contributed by atoms with van der Waals surface area (Å²) in [4.78, 5) is 13.9. The standard InChI is InChI=1S/C26H31N3O3/c1-20-21(2)27-29(23-9-5-3-6-10-23)25(20)19-32-24-13-11-22(12-14-24)15-18-31-26(30)28-16-7-4-8-17-28/h3,5-6,9-14H,4,7-8,15-19H2,1-2H3. The Morgan fingerprint density at radius 2 is 1.69 bits per heavy atom. The second-order valence-electron chi connectivity index (χ2n) is 8.25. The van der Waals surface area contributed by atoms with Gasteiger partial charge in [0.15, 0.2) is 0 Å². The highest BCUT2D eigenvalue weighted by Gasteiger charge is 2.17. The van der Waals surface area contributed by atoms with Crippen molar-refractivity contribution in [3.8, 4) is 11.4 Å². The third-order valence-corrected chi connectivity index (χ3v) is 6.01. The number of amides is 1. The summed E-state index contributed by atoms with van der Waals surface area (Å²) < 4.78 is 13.5. The molecule has 1 amide bonds. The van der Waals surface area contributed by atoms with Gasteiger partial charge >= 0.3 is 6.09 Å². The lowest BCUT2D eigenvalue weighted by Crippen LogP contribution is -2.36. The van der Waals surface area contributed by atoms with Gasteiger partial charge < -0.3 is 14.4 Å². The summed E-state index contributed by atoms with van der Waals surface area (Å²) >= 11 is 0. The van der Waals surface area contributed by atoms with Crippen LogP contribution in [0, 0.1) is 13.8 Å². The van der Waals surface area contributed by atoms with Gasteiger partial charge in [0.1, 0.15) is 12.4 Å². The fourth-order valence-electron chi connectivity index (χ4n) is 3.93. The third-order valence-electron chi connectivity index (χ3n) is 6.01. The Balaban J connectivity index is 1.30. The zero-order valence-electron chi connectivity index (χ0n) is 18.9. The number of nitrogens with zero attached hydrogens (tertiary/aromatic N) is 3. The first kappa shape index (κ1) is 21.9. The largest absolute Gasteiger partial charge is 0.487 e. The van der Waals surface area contributed by atoms with E-state index in [1.165, 1.54) is 6.42 Å². The first-order valence-corrected chi connectivity index (χ1v) is 11.4. The minimum atomic E-state index is -0.189. The summed E-state index contributed by atoms with van der Waals surface area (Å²) in [6.07, 6.45) is 3.85. The monoisotopic (exact) mass is 433 g/mol. The van der Waals surface area contributed by atoms with E-state index in [2.05, 4.69) is 12.0 Å². The van der Waals surface area contributed by atoms with Crippen molar-refractivity contribution in [1.29, 1.82) is 0 Å². The van der Waals surface area contributed by atoms with E-state index in [0.717, 1.165) is 59.9 Å². The SMILES string of the molecule is Cc1nn(-c2ccccc2)c(COc2ccc(CCOC(=O)N3CCCCC3)cc2)c1C. The van der Waals surface area contributed by atoms with Gasteiger partial charge in [0.05, 0.1) is 23.7 Å². The maximum atomic E-state index is 12.1. The number of ether oxygens (including phenoxy) is 2. The molecule has 0 aliphatic carbocycles. The van der Waals surface area contributed by atoms with Gasteiger partial charge in [-0.2, -0.15) is 5.10 Å². The second kappa shape index (κ2) is 10.4. The molecule has 6 heteroatoms. The van der Waals surface area contributed by atoms with Crippen molar-refractivity contribution in [1.82, 2.24) is 14.7 Å². The molecule has 0 atom stereocenters. The van der Waals surface area contributed by atoms with Crippen LogP contribution in [-0.4, -0.2) is 40.5 Å². The van der Waals surface area contributed by atoms with Gasteiger partial charge in [0.2, 0.25) is 0 Å². The number of hydrogen-bond donors (Lipinski definition) is 0. The predicted molar refractivity (Wildman–Crippen MR) is 124 cm³/mol. The average molecular weight is 434 g/mol. The van der Waals surface area contributed by atoms with Gasteiger partial charge in [-0.05, 0) is 68.5 Å². The summed E-state index contributed by atoms with van der Waals surface area (Å²) in [5.74, 6) is 0.803. The van der Waals surface area contributed by atoms with Crippen LogP contribution in [0.1, 0.15) is 41.8 Å². The number of para-hydroxylation sites is 1. The number of piperidine rings is 1. The van der Waals surface area contributed by atoms with E-state index in [4.69, 9.17) is 9.47 Å². The molecule has 0 bridgehead atoms. The van der Waals surface area contributed by atoms with Crippen LogP contribution in [0.3, 0.4) is 0 Å².